The number of hydrogen-bond donors (Lipinski definition) is 2. The van der Waals surface area contributed by atoms with Gasteiger partial charge in [-0.15, -0.1) is 0 Å². The zero-order valence-corrected chi connectivity index (χ0v) is 19.8. The number of halogens is 2. The Bertz CT molecular complexity index is 1180. The summed E-state index contributed by atoms with van der Waals surface area (Å²) in [5.74, 6) is -2.24. The maximum absolute atomic E-state index is 14.3. The number of allylic oxidation sites excluding steroid dienone is 1. The van der Waals surface area contributed by atoms with Gasteiger partial charge in [0, 0.05) is 22.4 Å². The molecule has 0 aliphatic carbocycles. The summed E-state index contributed by atoms with van der Waals surface area (Å²) in [5.41, 5.74) is 1.50. The van der Waals surface area contributed by atoms with E-state index in [0.717, 1.165) is 11.1 Å². The summed E-state index contributed by atoms with van der Waals surface area (Å²) in [5, 5.41) is 13.5. The number of rotatable bonds is 5. The lowest BCUT2D eigenvalue weighted by atomic mass is 9.59. The van der Waals surface area contributed by atoms with E-state index in [1.165, 1.54) is 4.90 Å². The van der Waals surface area contributed by atoms with E-state index in [2.05, 4.69) is 5.32 Å². The van der Waals surface area contributed by atoms with Gasteiger partial charge < -0.3 is 10.4 Å². The average Bonchev–Trinajstić information content (AvgIpc) is 2.99. The molecule has 0 saturated carbocycles. The van der Waals surface area contributed by atoms with Gasteiger partial charge in [-0.3, -0.25) is 19.3 Å². The second-order valence-electron chi connectivity index (χ2n) is 8.34. The van der Waals surface area contributed by atoms with Gasteiger partial charge in [0.15, 0.2) is 0 Å². The van der Waals surface area contributed by atoms with Crippen LogP contribution in [0.5, 0.6) is 0 Å². The van der Waals surface area contributed by atoms with Crippen LogP contribution in [0.15, 0.2) is 54.1 Å². The molecule has 0 bridgehead atoms. The van der Waals surface area contributed by atoms with Gasteiger partial charge in [0.25, 0.3) is 0 Å². The van der Waals surface area contributed by atoms with Crippen molar-refractivity contribution in [3.05, 3.63) is 75.3 Å². The summed E-state index contributed by atoms with van der Waals surface area (Å²) in [6.45, 7) is 3.34. The van der Waals surface area contributed by atoms with E-state index in [0.29, 0.717) is 27.7 Å². The van der Waals surface area contributed by atoms with Crippen molar-refractivity contribution in [2.24, 2.45) is 0 Å². The molecule has 6 nitrogen and oxygen atoms in total. The molecule has 2 amide bonds. The van der Waals surface area contributed by atoms with Crippen molar-refractivity contribution in [1.82, 2.24) is 5.32 Å². The smallest absolute Gasteiger partial charge is 0.323 e. The van der Waals surface area contributed by atoms with Crippen LogP contribution in [0.2, 0.25) is 10.0 Å². The number of carbonyl (C=O) groups is 3. The summed E-state index contributed by atoms with van der Waals surface area (Å²) in [6.07, 6.45) is 2.59. The molecule has 2 aromatic carbocycles. The molecule has 1 fully saturated rings. The quantitative estimate of drug-likeness (QED) is 0.600. The van der Waals surface area contributed by atoms with Gasteiger partial charge in [0.2, 0.25) is 11.8 Å². The Morgan fingerprint density at radius 3 is 2.58 bits per heavy atom. The van der Waals surface area contributed by atoms with Gasteiger partial charge >= 0.3 is 5.97 Å². The predicted octanol–water partition coefficient (Wildman–Crippen LogP) is 4.69. The standard InChI is InChI=1S/C25H24Cl2N2O4/c1-3-14(4-2)23-25(19(12-21(30)28-23)15-6-5-7-16(26)10-15)18-9-8-17(27)11-20(18)29(24(25)33)13-22(31)32/h3,5-11,19,23H,4,12-13H2,1-2H3,(H,28,30)(H,31,32)/b14-3-/t19-,23+,25-/m0/s1. The Morgan fingerprint density at radius 2 is 1.94 bits per heavy atom. The van der Waals surface area contributed by atoms with Crippen molar-refractivity contribution in [2.75, 3.05) is 11.4 Å². The maximum atomic E-state index is 14.3. The highest BCUT2D eigenvalue weighted by Crippen LogP contribution is 2.56. The molecule has 33 heavy (non-hydrogen) atoms. The molecular weight excluding hydrogens is 463 g/mol. The molecule has 2 aliphatic heterocycles. The van der Waals surface area contributed by atoms with Crippen LogP contribution < -0.4 is 10.2 Å². The first-order valence-corrected chi connectivity index (χ1v) is 11.5. The van der Waals surface area contributed by atoms with Crippen LogP contribution in [0.3, 0.4) is 0 Å². The van der Waals surface area contributed by atoms with E-state index in [-0.39, 0.29) is 18.2 Å². The number of carboxylic acid groups (broad SMARTS) is 1. The highest BCUT2D eigenvalue weighted by Gasteiger charge is 2.63. The molecule has 2 heterocycles. The highest BCUT2D eigenvalue weighted by atomic mass is 35.5. The maximum Gasteiger partial charge on any atom is 0.323 e. The molecule has 2 aliphatic rings. The normalized spacial score (nSPS) is 24.7. The Labute approximate surface area is 202 Å². The van der Waals surface area contributed by atoms with E-state index in [1.807, 2.05) is 26.0 Å². The average molecular weight is 487 g/mol. The number of hydrogen-bond acceptors (Lipinski definition) is 3. The molecule has 4 rings (SSSR count). The lowest BCUT2D eigenvalue weighted by Crippen LogP contribution is -2.63. The van der Waals surface area contributed by atoms with Crippen LogP contribution in [-0.2, 0) is 19.8 Å². The van der Waals surface area contributed by atoms with Crippen molar-refractivity contribution in [1.29, 1.82) is 0 Å². The SMILES string of the molecule is C/C=C(/CC)[C@H]1NC(=O)C[C@@H](c2cccc(Cl)c2)[C@]12C(=O)N(CC(=O)O)c1cc(Cl)ccc12. The van der Waals surface area contributed by atoms with Gasteiger partial charge in [-0.2, -0.15) is 0 Å². The van der Waals surface area contributed by atoms with Crippen molar-refractivity contribution in [2.45, 2.75) is 44.1 Å². The van der Waals surface area contributed by atoms with Crippen LogP contribution in [0, 0.1) is 0 Å². The zero-order chi connectivity index (χ0) is 23.9. The van der Waals surface area contributed by atoms with Crippen molar-refractivity contribution < 1.29 is 19.5 Å². The number of amides is 2. The first-order valence-electron chi connectivity index (χ1n) is 10.8. The fraction of sp³-hybridized carbons (Fsp3) is 0.320. The summed E-state index contributed by atoms with van der Waals surface area (Å²) in [6, 6.07) is 11.6. The van der Waals surface area contributed by atoms with E-state index >= 15 is 0 Å². The Balaban J connectivity index is 2.07. The third kappa shape index (κ3) is 3.71. The van der Waals surface area contributed by atoms with E-state index < -0.39 is 29.9 Å². The van der Waals surface area contributed by atoms with Crippen LogP contribution in [0.25, 0.3) is 0 Å². The van der Waals surface area contributed by atoms with Crippen LogP contribution in [0.4, 0.5) is 5.69 Å². The minimum Gasteiger partial charge on any atom is -0.480 e. The number of aliphatic carboxylic acids is 1. The molecule has 2 aromatic rings. The van der Waals surface area contributed by atoms with Gasteiger partial charge in [-0.25, -0.2) is 0 Å². The van der Waals surface area contributed by atoms with E-state index in [4.69, 9.17) is 23.2 Å². The summed E-state index contributed by atoms with van der Waals surface area (Å²) < 4.78 is 0. The molecule has 1 spiro atoms. The number of anilines is 1. The topological polar surface area (TPSA) is 86.7 Å². The summed E-state index contributed by atoms with van der Waals surface area (Å²) in [7, 11) is 0. The van der Waals surface area contributed by atoms with Crippen LogP contribution in [0.1, 0.15) is 43.7 Å². The lowest BCUT2D eigenvalue weighted by Gasteiger charge is -2.47. The van der Waals surface area contributed by atoms with Gasteiger partial charge in [0.1, 0.15) is 12.0 Å². The molecule has 8 heteroatoms. The number of piperidine rings is 1. The fourth-order valence-corrected chi connectivity index (χ4v) is 5.74. The molecule has 3 atom stereocenters. The molecule has 172 valence electrons. The minimum absolute atomic E-state index is 0.0618. The first-order chi connectivity index (χ1) is 15.7. The van der Waals surface area contributed by atoms with Gasteiger partial charge in [0.05, 0.1) is 11.7 Å². The second-order valence-corrected chi connectivity index (χ2v) is 9.22. The monoisotopic (exact) mass is 486 g/mol. The highest BCUT2D eigenvalue weighted by molar-refractivity contribution is 6.31. The number of carboxylic acids is 1. The number of nitrogens with one attached hydrogen (secondary N) is 1. The Morgan fingerprint density at radius 1 is 1.21 bits per heavy atom. The first kappa shape index (κ1) is 23.3. The molecule has 1 saturated heterocycles. The van der Waals surface area contributed by atoms with Gasteiger partial charge in [-0.05, 0) is 48.7 Å². The summed E-state index contributed by atoms with van der Waals surface area (Å²) in [4.78, 5) is 40.2. The second kappa shape index (κ2) is 8.84. The number of benzene rings is 2. The van der Waals surface area contributed by atoms with Crippen molar-refractivity contribution >= 4 is 46.7 Å². The van der Waals surface area contributed by atoms with Crippen molar-refractivity contribution in [3.8, 4) is 0 Å². The molecule has 2 N–H and O–H groups in total. The minimum atomic E-state index is -1.24. The number of nitrogens with zero attached hydrogens (tertiary/aromatic N) is 1. The Hall–Kier alpha value is -2.83. The number of carbonyl (C=O) groups excluding carboxylic acids is 2. The van der Waals surface area contributed by atoms with E-state index in [9.17, 15) is 19.5 Å². The lowest BCUT2D eigenvalue weighted by molar-refractivity contribution is -0.138. The molecule has 0 unspecified atom stereocenters. The number of fused-ring (bicyclic) bond motifs is 2. The molecule has 0 radical (unpaired) electrons. The van der Waals surface area contributed by atoms with Crippen molar-refractivity contribution in [3.63, 3.8) is 0 Å². The Kier molecular flexibility index (Phi) is 6.25. The van der Waals surface area contributed by atoms with Crippen LogP contribution in [-0.4, -0.2) is 35.5 Å². The van der Waals surface area contributed by atoms with Gasteiger partial charge in [-0.1, -0.05) is 60.0 Å². The molecule has 0 aromatic heterocycles. The molecular formula is C25H24Cl2N2O4. The van der Waals surface area contributed by atoms with E-state index in [1.54, 1.807) is 36.4 Å². The van der Waals surface area contributed by atoms with Crippen LogP contribution >= 0.6 is 23.2 Å². The third-order valence-corrected chi connectivity index (χ3v) is 7.16. The fourth-order valence-electron chi connectivity index (χ4n) is 5.38. The largest absolute Gasteiger partial charge is 0.480 e. The zero-order valence-electron chi connectivity index (χ0n) is 18.3. The third-order valence-electron chi connectivity index (χ3n) is 6.69. The predicted molar refractivity (Wildman–Crippen MR) is 128 cm³/mol. The summed E-state index contributed by atoms with van der Waals surface area (Å²) >= 11 is 12.6.